The van der Waals surface area contributed by atoms with E-state index in [9.17, 15) is 19.7 Å². The molecule has 0 fully saturated rings. The average molecular weight is 842 g/mol. The number of benzene rings is 2. The molecule has 266 valence electrons. The number of nitro groups is 1. The summed E-state index contributed by atoms with van der Waals surface area (Å²) >= 11 is 0. The quantitative estimate of drug-likeness (QED) is 0.0514. The van der Waals surface area contributed by atoms with Gasteiger partial charge in [0, 0.05) is 64.6 Å². The summed E-state index contributed by atoms with van der Waals surface area (Å²) in [7, 11) is 2.47. The number of methoxy groups -OCH3 is 2. The van der Waals surface area contributed by atoms with E-state index in [-0.39, 0.29) is 90.5 Å². The predicted octanol–water partition coefficient (Wildman–Crippen LogP) is 5.04. The van der Waals surface area contributed by atoms with Gasteiger partial charge in [0.1, 0.15) is 17.2 Å². The van der Waals surface area contributed by atoms with Gasteiger partial charge in [0.05, 0.1) is 53.0 Å². The third-order valence-corrected chi connectivity index (χ3v) is 6.02. The number of aryl methyl sites for hydroxylation is 4. The van der Waals surface area contributed by atoms with E-state index in [1.165, 1.54) is 26.4 Å². The number of rotatable bonds is 5. The van der Waals surface area contributed by atoms with Crippen LogP contribution in [0.3, 0.4) is 0 Å². The maximum Gasteiger partial charge on any atom is 0.340 e. The Morgan fingerprint density at radius 2 is 1.17 bits per heavy atom. The second-order valence-electron chi connectivity index (χ2n) is 8.94. The van der Waals surface area contributed by atoms with Gasteiger partial charge in [-0.05, 0) is 63.9 Å². The van der Waals surface area contributed by atoms with Gasteiger partial charge in [-0.1, -0.05) is 10.3 Å². The number of carbonyl (C=O) groups excluding carboxylic acids is 2. The summed E-state index contributed by atoms with van der Waals surface area (Å²) in [5.41, 5.74) is 21.2. The smallest absolute Gasteiger partial charge is 0.340 e. The summed E-state index contributed by atoms with van der Waals surface area (Å²) in [6.45, 7) is 8.91. The molecule has 2 heterocycles. The zero-order valence-corrected chi connectivity index (χ0v) is 30.5. The Balaban J connectivity index is -0.000000707. The molecule has 0 radical (unpaired) electrons. The number of carbonyl (C=O) groups is 2. The molecular formula is C30H40N6O9Pd2-2. The minimum absolute atomic E-state index is 0. The van der Waals surface area contributed by atoms with Crippen LogP contribution in [-0.2, 0) is 50.3 Å². The Morgan fingerprint density at radius 3 is 1.49 bits per heavy atom. The molecule has 0 atom stereocenters. The molecule has 0 bridgehead atoms. The number of aliphatic hydroxyl groups excluding tert-OH is 1. The van der Waals surface area contributed by atoms with Crippen molar-refractivity contribution in [2.24, 2.45) is 0 Å². The molecule has 4 rings (SSSR count). The number of esters is 2. The van der Waals surface area contributed by atoms with Crippen LogP contribution in [0, 0.1) is 52.7 Å². The Bertz CT molecular complexity index is 1620. The van der Waals surface area contributed by atoms with Gasteiger partial charge in [0.25, 0.3) is 5.69 Å². The second kappa shape index (κ2) is 20.9. The van der Waals surface area contributed by atoms with E-state index in [0.29, 0.717) is 34.0 Å². The summed E-state index contributed by atoms with van der Waals surface area (Å²) in [5, 5.41) is 26.3. The third kappa shape index (κ3) is 11.0. The number of aromatic nitrogens is 2. The van der Waals surface area contributed by atoms with Crippen LogP contribution in [0.1, 0.15) is 50.5 Å². The molecule has 2 aromatic carbocycles. The zero-order valence-electron chi connectivity index (χ0n) is 27.4. The first-order chi connectivity index (χ1) is 20.2. The van der Waals surface area contributed by atoms with Gasteiger partial charge in [-0.15, -0.1) is 0 Å². The fourth-order valence-electron chi connectivity index (χ4n) is 4.10. The molecule has 0 saturated heterocycles. The van der Waals surface area contributed by atoms with Gasteiger partial charge >= 0.3 is 11.9 Å². The molecule has 47 heavy (non-hydrogen) atoms. The molecular weight excluding hydrogens is 801 g/mol. The van der Waals surface area contributed by atoms with Crippen molar-refractivity contribution in [1.29, 1.82) is 0 Å². The summed E-state index contributed by atoms with van der Waals surface area (Å²) in [5.74, 6) is -0.137. The van der Waals surface area contributed by atoms with E-state index >= 15 is 0 Å². The molecule has 2 aromatic heterocycles. The van der Waals surface area contributed by atoms with Gasteiger partial charge in [-0.2, -0.15) is 0 Å². The first kappa shape index (κ1) is 47.3. The summed E-state index contributed by atoms with van der Waals surface area (Å²) in [6.07, 6.45) is 0. The van der Waals surface area contributed by atoms with E-state index in [2.05, 4.69) is 15.1 Å². The standard InChI is InChI=1S/C13H13N3O5.C13H15N3O3.C2H6O.2CH3.2Pd/c1-6-11(7(2)21-15-6)8-4-9(13(17)20-3)12(14)10(5-8)16(18)19;1-6-11(7(2)19-16-6)8-4-9(13(17)18-3)12(15)10(14)5-8;1-2-3;;;;/h4-5H,14H2,1-3H3;4-5H,14-15H2,1-3H3;3H,2H2,1H3;2*1H3;;/q;;;2*-1;;. The number of ether oxygens (including phenoxy) is 2. The molecule has 0 aliphatic rings. The minimum Gasteiger partial charge on any atom is -0.465 e. The van der Waals surface area contributed by atoms with E-state index in [1.807, 2.05) is 6.92 Å². The second-order valence-corrected chi connectivity index (χ2v) is 8.94. The number of nitro benzene ring substituents is 1. The van der Waals surface area contributed by atoms with Gasteiger partial charge in [0.2, 0.25) is 0 Å². The molecule has 0 saturated carbocycles. The number of anilines is 3. The molecule has 15 nitrogen and oxygen atoms in total. The van der Waals surface area contributed by atoms with Crippen molar-refractivity contribution in [2.45, 2.75) is 34.6 Å². The largest absolute Gasteiger partial charge is 0.465 e. The molecule has 4 aromatic rings. The van der Waals surface area contributed by atoms with Crippen LogP contribution in [-0.4, -0.2) is 53.1 Å². The molecule has 0 unspecified atom stereocenters. The first-order valence-corrected chi connectivity index (χ1v) is 12.6. The van der Waals surface area contributed by atoms with Gasteiger partial charge in [-0.25, -0.2) is 9.59 Å². The SMILES string of the molecule is CCO.COC(=O)c1cc(-c2c(C)noc2C)cc(N)c1N.COC(=O)c1cc(-c2c(C)noc2C)cc([N+](=O)[O-])c1N.[CH3-].[CH3-].[Pd].[Pd]. The van der Waals surface area contributed by atoms with Crippen molar-refractivity contribution < 1.29 is 79.0 Å². The topological polar surface area (TPSA) is 246 Å². The van der Waals surface area contributed by atoms with Gasteiger partial charge in [0.15, 0.2) is 0 Å². The number of nitrogens with zero attached hydrogens (tertiary/aromatic N) is 3. The van der Waals surface area contributed by atoms with Crippen molar-refractivity contribution in [2.75, 3.05) is 38.0 Å². The maximum absolute atomic E-state index is 11.7. The van der Waals surface area contributed by atoms with E-state index in [4.69, 9.17) is 36.1 Å². The van der Waals surface area contributed by atoms with Crippen LogP contribution in [0.4, 0.5) is 22.7 Å². The molecule has 0 aliphatic carbocycles. The first-order valence-electron chi connectivity index (χ1n) is 12.6. The Hall–Kier alpha value is -4.12. The predicted molar refractivity (Wildman–Crippen MR) is 171 cm³/mol. The normalized spacial score (nSPS) is 9.28. The van der Waals surface area contributed by atoms with Crippen molar-refractivity contribution in [1.82, 2.24) is 10.3 Å². The third-order valence-electron chi connectivity index (χ3n) is 6.02. The Morgan fingerprint density at radius 1 is 0.809 bits per heavy atom. The summed E-state index contributed by atoms with van der Waals surface area (Å²) in [4.78, 5) is 33.9. The molecule has 7 N–H and O–H groups in total. The number of nitrogen functional groups attached to an aromatic ring is 3. The van der Waals surface area contributed by atoms with Gasteiger partial charge in [-0.3, -0.25) is 10.1 Å². The van der Waals surface area contributed by atoms with Crippen molar-refractivity contribution in [3.63, 3.8) is 0 Å². The van der Waals surface area contributed by atoms with Crippen LogP contribution < -0.4 is 17.2 Å². The maximum atomic E-state index is 11.7. The number of nitrogens with two attached hydrogens (primary N) is 3. The Labute approximate surface area is 301 Å². The zero-order chi connectivity index (χ0) is 32.6. The van der Waals surface area contributed by atoms with Crippen LogP contribution >= 0.6 is 0 Å². The molecule has 0 aliphatic heterocycles. The van der Waals surface area contributed by atoms with Crippen molar-refractivity contribution in [3.8, 4) is 22.3 Å². The number of hydrogen-bond acceptors (Lipinski definition) is 14. The van der Waals surface area contributed by atoms with E-state index < -0.39 is 16.9 Å². The fraction of sp³-hybridized carbons (Fsp3) is 0.267. The Kier molecular flexibility index (Phi) is 21.0. The molecule has 0 spiro atoms. The van der Waals surface area contributed by atoms with Crippen molar-refractivity contribution in [3.05, 3.63) is 83.3 Å². The van der Waals surface area contributed by atoms with Crippen molar-refractivity contribution >= 4 is 34.7 Å². The molecule has 17 heteroatoms. The fourth-order valence-corrected chi connectivity index (χ4v) is 4.10. The number of hydrogen-bond donors (Lipinski definition) is 4. The summed E-state index contributed by atoms with van der Waals surface area (Å²) in [6, 6.07) is 6.04. The van der Waals surface area contributed by atoms with Crippen LogP contribution in [0.15, 0.2) is 33.3 Å². The van der Waals surface area contributed by atoms with Crippen LogP contribution in [0.25, 0.3) is 22.3 Å². The minimum atomic E-state index is -0.746. The van der Waals surface area contributed by atoms with E-state index in [0.717, 1.165) is 16.8 Å². The van der Waals surface area contributed by atoms with Gasteiger partial charge < -0.3 is 55.7 Å². The molecule has 0 amide bonds. The van der Waals surface area contributed by atoms with E-state index in [1.54, 1.807) is 39.8 Å². The number of aliphatic hydroxyl groups is 1. The van der Waals surface area contributed by atoms with Crippen LogP contribution in [0.5, 0.6) is 0 Å². The average Bonchev–Trinajstić information content (AvgIpc) is 3.49. The monoisotopic (exact) mass is 840 g/mol. The summed E-state index contributed by atoms with van der Waals surface area (Å²) < 4.78 is 19.4. The van der Waals surface area contributed by atoms with Crippen LogP contribution in [0.2, 0.25) is 0 Å².